The molecular weight excluding hydrogens is 541 g/mol. The number of halogens is 1. The van der Waals surface area contributed by atoms with E-state index in [0.29, 0.717) is 25.0 Å². The average Bonchev–Trinajstić information content (AvgIpc) is 3.17. The molecule has 0 saturated heterocycles. The highest BCUT2D eigenvalue weighted by Crippen LogP contribution is 2.22. The second-order valence-corrected chi connectivity index (χ2v) is 9.61. The van der Waals surface area contributed by atoms with Crippen LogP contribution in [0.4, 0.5) is 0 Å². The van der Waals surface area contributed by atoms with E-state index in [2.05, 4.69) is 39.4 Å². The van der Waals surface area contributed by atoms with Crippen molar-refractivity contribution >= 4 is 40.0 Å². The summed E-state index contributed by atoms with van der Waals surface area (Å²) in [6, 6.07) is 9.38. The van der Waals surface area contributed by atoms with Gasteiger partial charge in [-0.25, -0.2) is 13.1 Å². The Balaban J connectivity index is 0.00000512. The first-order valence-electron chi connectivity index (χ1n) is 10.7. The molecule has 0 radical (unpaired) electrons. The Morgan fingerprint density at radius 2 is 1.66 bits per heavy atom. The molecule has 0 aliphatic carbocycles. The Labute approximate surface area is 209 Å². The van der Waals surface area contributed by atoms with Crippen molar-refractivity contribution in [2.45, 2.75) is 71.3 Å². The van der Waals surface area contributed by atoms with Crippen molar-refractivity contribution in [3.05, 3.63) is 52.9 Å². The first kappa shape index (κ1) is 28.4. The lowest BCUT2D eigenvalue weighted by molar-refractivity contribution is 0.368. The summed E-state index contributed by atoms with van der Waals surface area (Å²) in [7, 11) is -1.62. The van der Waals surface area contributed by atoms with Gasteiger partial charge in [0.2, 0.25) is 10.0 Å². The van der Waals surface area contributed by atoms with Crippen LogP contribution in [0.1, 0.15) is 69.0 Å². The van der Waals surface area contributed by atoms with Crippen LogP contribution in [0.3, 0.4) is 0 Å². The standard InChI is InChI=1S/C22H35N5O3S.HI/c1-6-19(7-2)21-12-20(30-26-21)14-25-22(23-5)24-13-17-8-10-18(11-9-17)15-31(28,29)27-16(3)4;/h8-12,16,19,27H,6-7,13-15H2,1-5H3,(H2,23,24,25);1H. The highest BCUT2D eigenvalue weighted by molar-refractivity contribution is 14.0. The summed E-state index contributed by atoms with van der Waals surface area (Å²) in [5, 5.41) is 10.7. The number of sulfonamides is 1. The van der Waals surface area contributed by atoms with Crippen LogP contribution in [0, 0.1) is 0 Å². The molecular formula is C22H36IN5O3S. The fraction of sp³-hybridized carbons (Fsp3) is 0.545. The summed E-state index contributed by atoms with van der Waals surface area (Å²) >= 11 is 0. The van der Waals surface area contributed by atoms with Gasteiger partial charge in [0, 0.05) is 31.6 Å². The Morgan fingerprint density at radius 3 is 2.22 bits per heavy atom. The van der Waals surface area contributed by atoms with E-state index in [1.54, 1.807) is 7.05 Å². The van der Waals surface area contributed by atoms with Crippen LogP contribution < -0.4 is 15.4 Å². The zero-order chi connectivity index (χ0) is 22.9. The van der Waals surface area contributed by atoms with Gasteiger partial charge >= 0.3 is 0 Å². The summed E-state index contributed by atoms with van der Waals surface area (Å²) in [5.41, 5.74) is 2.77. The molecule has 0 aliphatic rings. The Kier molecular flexibility index (Phi) is 12.2. The van der Waals surface area contributed by atoms with E-state index in [1.165, 1.54) is 0 Å². The number of nitrogens with one attached hydrogen (secondary N) is 3. The molecule has 1 aromatic carbocycles. The molecule has 0 spiro atoms. The minimum absolute atomic E-state index is 0. The number of aromatic nitrogens is 1. The van der Waals surface area contributed by atoms with Gasteiger partial charge in [-0.2, -0.15) is 0 Å². The monoisotopic (exact) mass is 577 g/mol. The molecule has 10 heteroatoms. The van der Waals surface area contributed by atoms with Gasteiger partial charge in [-0.3, -0.25) is 4.99 Å². The van der Waals surface area contributed by atoms with Gasteiger partial charge in [0.05, 0.1) is 18.0 Å². The summed E-state index contributed by atoms with van der Waals surface area (Å²) in [4.78, 5) is 4.23. The number of hydrogen-bond donors (Lipinski definition) is 3. The first-order valence-corrected chi connectivity index (χ1v) is 12.4. The molecule has 0 atom stereocenters. The smallest absolute Gasteiger partial charge is 0.216 e. The van der Waals surface area contributed by atoms with E-state index in [4.69, 9.17) is 4.52 Å². The van der Waals surface area contributed by atoms with E-state index >= 15 is 0 Å². The van der Waals surface area contributed by atoms with Gasteiger partial charge in [0.25, 0.3) is 0 Å². The lowest BCUT2D eigenvalue weighted by Gasteiger charge is -2.12. The quantitative estimate of drug-likeness (QED) is 0.213. The molecule has 0 fully saturated rings. The SMILES string of the molecule is CCC(CC)c1cc(CNC(=NC)NCc2ccc(CS(=O)(=O)NC(C)C)cc2)on1.I. The third-order valence-corrected chi connectivity index (χ3v) is 6.43. The van der Waals surface area contributed by atoms with E-state index < -0.39 is 10.0 Å². The van der Waals surface area contributed by atoms with Crippen LogP contribution in [0.15, 0.2) is 39.8 Å². The molecule has 1 aromatic heterocycles. The van der Waals surface area contributed by atoms with Gasteiger partial charge in [-0.05, 0) is 37.8 Å². The normalized spacial score (nSPS) is 12.2. The second-order valence-electron chi connectivity index (χ2n) is 7.86. The largest absolute Gasteiger partial charge is 0.359 e. The third-order valence-electron chi connectivity index (χ3n) is 4.89. The van der Waals surface area contributed by atoms with E-state index in [1.807, 2.05) is 44.2 Å². The van der Waals surface area contributed by atoms with Crippen molar-refractivity contribution in [3.8, 4) is 0 Å². The molecule has 32 heavy (non-hydrogen) atoms. The van der Waals surface area contributed by atoms with Crippen LogP contribution in [0.2, 0.25) is 0 Å². The lowest BCUT2D eigenvalue weighted by Crippen LogP contribution is -2.36. The van der Waals surface area contributed by atoms with Crippen LogP contribution in [0.5, 0.6) is 0 Å². The molecule has 2 aromatic rings. The minimum atomic E-state index is -3.33. The van der Waals surface area contributed by atoms with Gasteiger partial charge < -0.3 is 15.2 Å². The maximum Gasteiger partial charge on any atom is 0.216 e. The predicted molar refractivity (Wildman–Crippen MR) is 140 cm³/mol. The maximum atomic E-state index is 12.1. The summed E-state index contributed by atoms with van der Waals surface area (Å²) in [5.74, 6) is 1.81. The average molecular weight is 578 g/mol. The number of nitrogens with zero attached hydrogens (tertiary/aromatic N) is 2. The number of rotatable bonds is 11. The van der Waals surface area contributed by atoms with Crippen molar-refractivity contribution in [3.63, 3.8) is 0 Å². The van der Waals surface area contributed by atoms with Gasteiger partial charge in [-0.15, -0.1) is 24.0 Å². The molecule has 0 unspecified atom stereocenters. The van der Waals surface area contributed by atoms with Crippen molar-refractivity contribution in [2.75, 3.05) is 7.05 Å². The molecule has 0 amide bonds. The van der Waals surface area contributed by atoms with E-state index in [0.717, 1.165) is 35.4 Å². The molecule has 1 heterocycles. The highest BCUT2D eigenvalue weighted by atomic mass is 127. The summed E-state index contributed by atoms with van der Waals surface area (Å²) in [6.07, 6.45) is 2.08. The molecule has 3 N–H and O–H groups in total. The fourth-order valence-corrected chi connectivity index (χ4v) is 4.70. The third kappa shape index (κ3) is 9.45. The molecule has 2 rings (SSSR count). The van der Waals surface area contributed by atoms with Crippen LogP contribution >= 0.6 is 24.0 Å². The molecule has 0 bridgehead atoms. The molecule has 180 valence electrons. The lowest BCUT2D eigenvalue weighted by atomic mass is 9.99. The Hall–Kier alpha value is -1.66. The van der Waals surface area contributed by atoms with Crippen molar-refractivity contribution in [1.82, 2.24) is 20.5 Å². The molecule has 8 nitrogen and oxygen atoms in total. The van der Waals surface area contributed by atoms with Crippen molar-refractivity contribution in [2.24, 2.45) is 4.99 Å². The number of guanidine groups is 1. The van der Waals surface area contributed by atoms with Crippen LogP contribution in [0.25, 0.3) is 0 Å². The van der Waals surface area contributed by atoms with Crippen molar-refractivity contribution in [1.29, 1.82) is 0 Å². The highest BCUT2D eigenvalue weighted by Gasteiger charge is 2.14. The zero-order valence-corrected chi connectivity index (χ0v) is 22.7. The fourth-order valence-electron chi connectivity index (χ4n) is 3.26. The molecule has 0 saturated carbocycles. The van der Waals surface area contributed by atoms with E-state index in [9.17, 15) is 8.42 Å². The summed E-state index contributed by atoms with van der Waals surface area (Å²) in [6.45, 7) is 8.98. The number of benzene rings is 1. The van der Waals surface area contributed by atoms with Crippen molar-refractivity contribution < 1.29 is 12.9 Å². The van der Waals surface area contributed by atoms with Gasteiger partial charge in [-0.1, -0.05) is 43.3 Å². The van der Waals surface area contributed by atoms with Crippen LogP contribution in [-0.4, -0.2) is 32.6 Å². The number of hydrogen-bond acceptors (Lipinski definition) is 5. The zero-order valence-electron chi connectivity index (χ0n) is 19.5. The van der Waals surface area contributed by atoms with Gasteiger partial charge in [0.15, 0.2) is 11.7 Å². The predicted octanol–water partition coefficient (Wildman–Crippen LogP) is 3.89. The van der Waals surface area contributed by atoms with Crippen LogP contribution in [-0.2, 0) is 28.9 Å². The molecule has 0 aliphatic heterocycles. The minimum Gasteiger partial charge on any atom is -0.359 e. The first-order chi connectivity index (χ1) is 14.8. The summed E-state index contributed by atoms with van der Waals surface area (Å²) < 4.78 is 32.1. The Bertz CT molecular complexity index is 939. The maximum absolute atomic E-state index is 12.1. The van der Waals surface area contributed by atoms with E-state index in [-0.39, 0.29) is 35.8 Å². The Morgan fingerprint density at radius 1 is 1.06 bits per heavy atom. The second kappa shape index (κ2) is 13.8. The topological polar surface area (TPSA) is 109 Å². The van der Waals surface area contributed by atoms with Gasteiger partial charge in [0.1, 0.15) is 0 Å². The number of aliphatic imine (C=N–C) groups is 1.